The number of aryl methyl sites for hydroxylation is 1. The van der Waals surface area contributed by atoms with E-state index in [2.05, 4.69) is 48.4 Å². The van der Waals surface area contributed by atoms with Gasteiger partial charge in [-0.1, -0.05) is 36.8 Å². The molecule has 0 aliphatic rings. The molecule has 3 N–H and O–H groups in total. The van der Waals surface area contributed by atoms with Crippen LogP contribution in [0.5, 0.6) is 0 Å². The summed E-state index contributed by atoms with van der Waals surface area (Å²) in [5.74, 6) is 0.889. The topological polar surface area (TPSA) is 59.6 Å². The van der Waals surface area contributed by atoms with Crippen molar-refractivity contribution in [1.29, 1.82) is 0 Å². The summed E-state index contributed by atoms with van der Waals surface area (Å²) in [5.41, 5.74) is 8.42. The standard InChI is InChI=1S/C16H27N3O/c1-4-20-10-6-9-18-16(17)19-12-14(3)15-8-5-7-13(2)11-15/h5,7-8,11,14H,4,6,9-10,12H2,1-3H3,(H3,17,18,19). The van der Waals surface area contributed by atoms with E-state index in [9.17, 15) is 0 Å². The lowest BCUT2D eigenvalue weighted by atomic mass is 10.00. The van der Waals surface area contributed by atoms with E-state index in [0.717, 1.165) is 26.2 Å². The maximum absolute atomic E-state index is 5.84. The van der Waals surface area contributed by atoms with Gasteiger partial charge in [-0.3, -0.25) is 4.99 Å². The van der Waals surface area contributed by atoms with Gasteiger partial charge in [0.05, 0.1) is 0 Å². The fourth-order valence-electron chi connectivity index (χ4n) is 1.91. The zero-order chi connectivity index (χ0) is 14.8. The van der Waals surface area contributed by atoms with Gasteiger partial charge in [-0.05, 0) is 25.8 Å². The Hall–Kier alpha value is -1.55. The van der Waals surface area contributed by atoms with Gasteiger partial charge >= 0.3 is 0 Å². The second kappa shape index (κ2) is 9.37. The number of hydrogen-bond acceptors (Lipinski definition) is 2. The van der Waals surface area contributed by atoms with Gasteiger partial charge in [0.25, 0.3) is 0 Å². The molecular weight excluding hydrogens is 250 g/mol. The molecular formula is C16H27N3O. The summed E-state index contributed by atoms with van der Waals surface area (Å²) < 4.78 is 5.26. The molecule has 0 fully saturated rings. The zero-order valence-electron chi connectivity index (χ0n) is 12.9. The molecule has 0 heterocycles. The number of rotatable bonds is 8. The number of nitrogens with one attached hydrogen (secondary N) is 1. The van der Waals surface area contributed by atoms with Gasteiger partial charge in [0.2, 0.25) is 0 Å². The number of guanidine groups is 1. The first-order valence-corrected chi connectivity index (χ1v) is 7.31. The van der Waals surface area contributed by atoms with Crippen LogP contribution in [0.3, 0.4) is 0 Å². The second-order valence-electron chi connectivity index (χ2n) is 5.02. The molecule has 4 nitrogen and oxygen atoms in total. The van der Waals surface area contributed by atoms with Crippen molar-refractivity contribution < 1.29 is 4.74 Å². The molecule has 1 aromatic carbocycles. The highest BCUT2D eigenvalue weighted by molar-refractivity contribution is 5.77. The summed E-state index contributed by atoms with van der Waals surface area (Å²) in [7, 11) is 0. The van der Waals surface area contributed by atoms with Crippen molar-refractivity contribution in [2.24, 2.45) is 10.7 Å². The Morgan fingerprint density at radius 3 is 2.95 bits per heavy atom. The molecule has 112 valence electrons. The highest BCUT2D eigenvalue weighted by Gasteiger charge is 2.04. The Balaban J connectivity index is 2.31. The van der Waals surface area contributed by atoms with E-state index < -0.39 is 0 Å². The van der Waals surface area contributed by atoms with Gasteiger partial charge in [-0.25, -0.2) is 0 Å². The molecule has 0 saturated heterocycles. The average Bonchev–Trinajstić information content (AvgIpc) is 2.44. The van der Waals surface area contributed by atoms with Crippen LogP contribution in [0, 0.1) is 6.92 Å². The summed E-state index contributed by atoms with van der Waals surface area (Å²) in [4.78, 5) is 4.39. The first-order valence-electron chi connectivity index (χ1n) is 7.31. The maximum Gasteiger partial charge on any atom is 0.188 e. The monoisotopic (exact) mass is 277 g/mol. The molecule has 0 bridgehead atoms. The van der Waals surface area contributed by atoms with E-state index in [-0.39, 0.29) is 0 Å². The van der Waals surface area contributed by atoms with E-state index in [1.54, 1.807) is 0 Å². The van der Waals surface area contributed by atoms with Gasteiger partial charge in [-0.2, -0.15) is 0 Å². The molecule has 0 spiro atoms. The number of nitrogens with two attached hydrogens (primary N) is 1. The number of benzene rings is 1. The SMILES string of the molecule is CCOCCCNC(N)=NCC(C)c1cccc(C)c1. The second-order valence-corrected chi connectivity index (χ2v) is 5.02. The van der Waals surface area contributed by atoms with Crippen molar-refractivity contribution >= 4 is 5.96 Å². The lowest BCUT2D eigenvalue weighted by molar-refractivity contribution is 0.145. The third-order valence-electron chi connectivity index (χ3n) is 3.12. The molecule has 20 heavy (non-hydrogen) atoms. The smallest absolute Gasteiger partial charge is 0.188 e. The number of aliphatic imine (C=N–C) groups is 1. The zero-order valence-corrected chi connectivity index (χ0v) is 12.9. The third-order valence-corrected chi connectivity index (χ3v) is 3.12. The van der Waals surface area contributed by atoms with Gasteiger partial charge in [0.15, 0.2) is 5.96 Å². The Labute approximate surface area is 122 Å². The predicted molar refractivity (Wildman–Crippen MR) is 85.2 cm³/mol. The van der Waals surface area contributed by atoms with Crippen LogP contribution in [0.15, 0.2) is 29.3 Å². The highest BCUT2D eigenvalue weighted by Crippen LogP contribution is 2.16. The minimum absolute atomic E-state index is 0.374. The summed E-state index contributed by atoms with van der Waals surface area (Å²) in [6.45, 7) is 9.29. The first-order chi connectivity index (χ1) is 9.63. The van der Waals surface area contributed by atoms with Crippen molar-refractivity contribution in [2.45, 2.75) is 33.1 Å². The molecule has 1 unspecified atom stereocenters. The maximum atomic E-state index is 5.84. The summed E-state index contributed by atoms with van der Waals surface area (Å²) in [5, 5.41) is 3.11. The van der Waals surface area contributed by atoms with Crippen LogP contribution in [0.4, 0.5) is 0 Å². The van der Waals surface area contributed by atoms with E-state index in [1.165, 1.54) is 11.1 Å². The molecule has 1 atom stereocenters. The molecule has 0 saturated carbocycles. The van der Waals surface area contributed by atoms with Crippen molar-refractivity contribution in [3.05, 3.63) is 35.4 Å². The van der Waals surface area contributed by atoms with Gasteiger partial charge < -0.3 is 15.8 Å². The largest absolute Gasteiger partial charge is 0.382 e. The van der Waals surface area contributed by atoms with E-state index in [0.29, 0.717) is 18.4 Å². The van der Waals surface area contributed by atoms with Gasteiger partial charge in [0.1, 0.15) is 0 Å². The molecule has 0 amide bonds. The van der Waals surface area contributed by atoms with Crippen LogP contribution in [0.2, 0.25) is 0 Å². The normalized spacial score (nSPS) is 13.2. The molecule has 0 aliphatic carbocycles. The summed E-state index contributed by atoms with van der Waals surface area (Å²) in [6.07, 6.45) is 0.942. The van der Waals surface area contributed by atoms with Crippen LogP contribution in [-0.2, 0) is 4.74 Å². The Morgan fingerprint density at radius 1 is 1.45 bits per heavy atom. The van der Waals surface area contributed by atoms with Crippen molar-refractivity contribution in [1.82, 2.24) is 5.32 Å². The third kappa shape index (κ3) is 6.57. The Morgan fingerprint density at radius 2 is 2.25 bits per heavy atom. The van der Waals surface area contributed by atoms with Gasteiger partial charge in [-0.15, -0.1) is 0 Å². The van der Waals surface area contributed by atoms with Crippen LogP contribution < -0.4 is 11.1 Å². The van der Waals surface area contributed by atoms with Crippen LogP contribution in [0.25, 0.3) is 0 Å². The van der Waals surface area contributed by atoms with Gasteiger partial charge in [0, 0.05) is 32.2 Å². The molecule has 0 aliphatic heterocycles. The van der Waals surface area contributed by atoms with Crippen molar-refractivity contribution in [3.8, 4) is 0 Å². The lowest BCUT2D eigenvalue weighted by Gasteiger charge is -2.11. The highest BCUT2D eigenvalue weighted by atomic mass is 16.5. The molecule has 4 heteroatoms. The quantitative estimate of drug-likeness (QED) is 0.436. The van der Waals surface area contributed by atoms with E-state index in [4.69, 9.17) is 10.5 Å². The Kier molecular flexibility index (Phi) is 7.73. The van der Waals surface area contributed by atoms with Crippen LogP contribution in [-0.4, -0.2) is 32.3 Å². The lowest BCUT2D eigenvalue weighted by Crippen LogP contribution is -2.33. The molecule has 0 aromatic heterocycles. The number of hydrogen-bond donors (Lipinski definition) is 2. The number of ether oxygens (including phenoxy) is 1. The molecule has 0 radical (unpaired) electrons. The van der Waals surface area contributed by atoms with Crippen LogP contribution in [0.1, 0.15) is 37.3 Å². The molecule has 1 rings (SSSR count). The fraction of sp³-hybridized carbons (Fsp3) is 0.562. The van der Waals surface area contributed by atoms with Crippen LogP contribution >= 0.6 is 0 Å². The van der Waals surface area contributed by atoms with E-state index >= 15 is 0 Å². The predicted octanol–water partition coefficient (Wildman–Crippen LogP) is 2.43. The minimum atomic E-state index is 0.374. The van der Waals surface area contributed by atoms with Crippen molar-refractivity contribution in [2.75, 3.05) is 26.3 Å². The summed E-state index contributed by atoms with van der Waals surface area (Å²) in [6, 6.07) is 8.53. The average molecular weight is 277 g/mol. The van der Waals surface area contributed by atoms with Crippen molar-refractivity contribution in [3.63, 3.8) is 0 Å². The van der Waals surface area contributed by atoms with E-state index in [1.807, 2.05) is 6.92 Å². The summed E-state index contributed by atoms with van der Waals surface area (Å²) >= 11 is 0. The first kappa shape index (κ1) is 16.5. The minimum Gasteiger partial charge on any atom is -0.382 e. The Bertz CT molecular complexity index is 418. The fourth-order valence-corrected chi connectivity index (χ4v) is 1.91. The molecule has 1 aromatic rings. The number of nitrogens with zero attached hydrogens (tertiary/aromatic N) is 1.